The van der Waals surface area contributed by atoms with Crippen molar-refractivity contribution in [3.8, 4) is 0 Å². The van der Waals surface area contributed by atoms with Gasteiger partial charge in [0.05, 0.1) is 11.9 Å². The number of carbonyl (C=O) groups is 1. The maximum Gasteiger partial charge on any atom is 0.241 e. The van der Waals surface area contributed by atoms with Gasteiger partial charge in [0.1, 0.15) is 6.54 Å². The van der Waals surface area contributed by atoms with Gasteiger partial charge in [-0.25, -0.2) is 0 Å². The molecule has 2 N–H and O–H groups in total. The summed E-state index contributed by atoms with van der Waals surface area (Å²) < 4.78 is 1.65. The largest absolute Gasteiger partial charge is 0.376 e. The highest BCUT2D eigenvalue weighted by Crippen LogP contribution is 2.19. The lowest BCUT2D eigenvalue weighted by Crippen LogP contribution is -2.29. The third-order valence-electron chi connectivity index (χ3n) is 3.47. The number of rotatable bonds is 6. The van der Waals surface area contributed by atoms with E-state index in [-0.39, 0.29) is 18.5 Å². The van der Waals surface area contributed by atoms with E-state index in [4.69, 9.17) is 0 Å². The molecule has 6 heteroatoms. The average molecular weight is 285 g/mol. The van der Waals surface area contributed by atoms with Crippen molar-refractivity contribution in [3.05, 3.63) is 42.5 Å². The van der Waals surface area contributed by atoms with Gasteiger partial charge >= 0.3 is 0 Å². The van der Waals surface area contributed by atoms with Gasteiger partial charge in [0.15, 0.2) is 0 Å². The van der Waals surface area contributed by atoms with Crippen LogP contribution in [0.4, 0.5) is 5.69 Å². The van der Waals surface area contributed by atoms with E-state index in [0.29, 0.717) is 6.04 Å². The Morgan fingerprint density at radius 1 is 1.43 bits per heavy atom. The molecule has 1 aliphatic carbocycles. The van der Waals surface area contributed by atoms with E-state index in [1.807, 2.05) is 18.3 Å². The fourth-order valence-electron chi connectivity index (χ4n) is 2.16. The normalized spacial score (nSPS) is 15.5. The van der Waals surface area contributed by atoms with Crippen molar-refractivity contribution >= 4 is 11.6 Å². The van der Waals surface area contributed by atoms with Gasteiger partial charge in [-0.2, -0.15) is 5.10 Å². The molecule has 1 saturated carbocycles. The van der Waals surface area contributed by atoms with Crippen LogP contribution in [0.15, 0.2) is 36.9 Å². The highest BCUT2D eigenvalue weighted by molar-refractivity contribution is 5.76. The van der Waals surface area contributed by atoms with Gasteiger partial charge in [0.25, 0.3) is 0 Å². The molecule has 1 atom stereocenters. The van der Waals surface area contributed by atoms with Crippen molar-refractivity contribution in [1.82, 2.24) is 20.1 Å². The van der Waals surface area contributed by atoms with Crippen LogP contribution < -0.4 is 10.6 Å². The second-order valence-corrected chi connectivity index (χ2v) is 5.41. The van der Waals surface area contributed by atoms with Gasteiger partial charge in [-0.15, -0.1) is 0 Å². The minimum Gasteiger partial charge on any atom is -0.376 e. The molecular formula is C15H19N5O. The Bertz CT molecular complexity index is 606. The highest BCUT2D eigenvalue weighted by atomic mass is 16.2. The smallest absolute Gasteiger partial charge is 0.241 e. The maximum absolute atomic E-state index is 11.7. The number of hydrogen-bond acceptors (Lipinski definition) is 4. The molecule has 0 bridgehead atoms. The first-order chi connectivity index (χ1) is 10.2. The first kappa shape index (κ1) is 13.6. The maximum atomic E-state index is 11.7. The first-order valence-corrected chi connectivity index (χ1v) is 7.19. The zero-order chi connectivity index (χ0) is 14.7. The van der Waals surface area contributed by atoms with Crippen LogP contribution >= 0.6 is 0 Å². The molecule has 2 aromatic heterocycles. The lowest BCUT2D eigenvalue weighted by Gasteiger charge is -2.13. The summed E-state index contributed by atoms with van der Waals surface area (Å²) in [6.07, 6.45) is 9.34. The number of amides is 1. The van der Waals surface area contributed by atoms with Crippen LogP contribution in [0.25, 0.3) is 0 Å². The van der Waals surface area contributed by atoms with Crippen LogP contribution in [0.3, 0.4) is 0 Å². The summed E-state index contributed by atoms with van der Waals surface area (Å²) >= 11 is 0. The van der Waals surface area contributed by atoms with E-state index < -0.39 is 0 Å². The molecule has 6 nitrogen and oxygen atoms in total. The summed E-state index contributed by atoms with van der Waals surface area (Å²) in [5, 5.41) is 10.5. The van der Waals surface area contributed by atoms with Crippen molar-refractivity contribution in [1.29, 1.82) is 0 Å². The van der Waals surface area contributed by atoms with Crippen LogP contribution in [0.2, 0.25) is 0 Å². The molecule has 0 radical (unpaired) electrons. The number of nitrogens with zero attached hydrogens (tertiary/aromatic N) is 3. The minimum absolute atomic E-state index is 0.0225. The minimum atomic E-state index is 0.0225. The van der Waals surface area contributed by atoms with Gasteiger partial charge in [-0.1, -0.05) is 0 Å². The third kappa shape index (κ3) is 3.81. The Kier molecular flexibility index (Phi) is 3.85. The first-order valence-electron chi connectivity index (χ1n) is 7.19. The quantitative estimate of drug-likeness (QED) is 0.848. The number of nitrogens with one attached hydrogen (secondary N) is 2. The van der Waals surface area contributed by atoms with Crippen LogP contribution in [-0.2, 0) is 11.3 Å². The Hall–Kier alpha value is -2.37. The van der Waals surface area contributed by atoms with Crippen molar-refractivity contribution < 1.29 is 4.79 Å². The molecule has 0 spiro atoms. The molecule has 1 fully saturated rings. The SMILES string of the molecule is CC(Nc1cnn(CC(=O)NC2CC2)c1)c1ccncc1. The van der Waals surface area contributed by atoms with Crippen LogP contribution in [0, 0.1) is 0 Å². The molecule has 0 aromatic carbocycles. The molecule has 1 aliphatic rings. The van der Waals surface area contributed by atoms with E-state index in [2.05, 4.69) is 27.6 Å². The molecule has 0 saturated heterocycles. The molecule has 0 aliphatic heterocycles. The van der Waals surface area contributed by atoms with E-state index in [0.717, 1.165) is 24.1 Å². The topological polar surface area (TPSA) is 71.8 Å². The summed E-state index contributed by atoms with van der Waals surface area (Å²) in [4.78, 5) is 15.7. The number of aromatic nitrogens is 3. The summed E-state index contributed by atoms with van der Waals surface area (Å²) in [6.45, 7) is 2.34. The standard InChI is InChI=1S/C15H19N5O/c1-11(12-4-6-16-7-5-12)18-14-8-17-20(9-14)10-15(21)19-13-2-3-13/h4-9,11,13,18H,2-3,10H2,1H3,(H,19,21). The summed E-state index contributed by atoms with van der Waals surface area (Å²) in [7, 11) is 0. The second kappa shape index (κ2) is 5.95. The lowest BCUT2D eigenvalue weighted by molar-refractivity contribution is -0.122. The fraction of sp³-hybridized carbons (Fsp3) is 0.400. The molecular weight excluding hydrogens is 266 g/mol. The van der Waals surface area contributed by atoms with Crippen molar-refractivity contribution in [2.24, 2.45) is 0 Å². The third-order valence-corrected chi connectivity index (χ3v) is 3.47. The fourth-order valence-corrected chi connectivity index (χ4v) is 2.16. The van der Waals surface area contributed by atoms with Gasteiger partial charge in [0, 0.05) is 30.7 Å². The number of carbonyl (C=O) groups excluding carboxylic acids is 1. The van der Waals surface area contributed by atoms with Crippen molar-refractivity contribution in [2.75, 3.05) is 5.32 Å². The van der Waals surface area contributed by atoms with Gasteiger partial charge in [0.2, 0.25) is 5.91 Å². The second-order valence-electron chi connectivity index (χ2n) is 5.41. The Morgan fingerprint density at radius 2 is 2.19 bits per heavy atom. The summed E-state index contributed by atoms with van der Waals surface area (Å²) in [6, 6.07) is 4.50. The van der Waals surface area contributed by atoms with E-state index in [9.17, 15) is 4.79 Å². The number of hydrogen-bond donors (Lipinski definition) is 2. The molecule has 21 heavy (non-hydrogen) atoms. The number of anilines is 1. The molecule has 2 aromatic rings. The zero-order valence-electron chi connectivity index (χ0n) is 12.0. The lowest BCUT2D eigenvalue weighted by atomic mass is 10.1. The predicted molar refractivity (Wildman–Crippen MR) is 79.7 cm³/mol. The van der Waals surface area contributed by atoms with Crippen molar-refractivity contribution in [2.45, 2.75) is 38.4 Å². The highest BCUT2D eigenvalue weighted by Gasteiger charge is 2.23. The molecule has 2 heterocycles. The number of pyridine rings is 1. The predicted octanol–water partition coefficient (Wildman–Crippen LogP) is 1.73. The molecule has 1 amide bonds. The van der Waals surface area contributed by atoms with Crippen LogP contribution in [0.1, 0.15) is 31.4 Å². The monoisotopic (exact) mass is 285 g/mol. The van der Waals surface area contributed by atoms with Gasteiger partial charge in [-0.05, 0) is 37.5 Å². The molecule has 1 unspecified atom stereocenters. The summed E-state index contributed by atoms with van der Waals surface area (Å²) in [5.74, 6) is 0.0225. The van der Waals surface area contributed by atoms with E-state index in [1.165, 1.54) is 0 Å². The summed E-state index contributed by atoms with van der Waals surface area (Å²) in [5.41, 5.74) is 2.06. The van der Waals surface area contributed by atoms with E-state index >= 15 is 0 Å². The average Bonchev–Trinajstić information content (AvgIpc) is 3.19. The zero-order valence-corrected chi connectivity index (χ0v) is 12.0. The van der Waals surface area contributed by atoms with E-state index in [1.54, 1.807) is 23.3 Å². The Balaban J connectivity index is 1.55. The van der Waals surface area contributed by atoms with Gasteiger partial charge < -0.3 is 10.6 Å². The van der Waals surface area contributed by atoms with Crippen LogP contribution in [0.5, 0.6) is 0 Å². The Labute approximate surface area is 123 Å². The van der Waals surface area contributed by atoms with Crippen LogP contribution in [-0.4, -0.2) is 26.7 Å². The Morgan fingerprint density at radius 3 is 2.90 bits per heavy atom. The van der Waals surface area contributed by atoms with Gasteiger partial charge in [-0.3, -0.25) is 14.5 Å². The van der Waals surface area contributed by atoms with Crippen molar-refractivity contribution in [3.63, 3.8) is 0 Å². The molecule has 110 valence electrons. The molecule has 3 rings (SSSR count).